The van der Waals surface area contributed by atoms with Crippen LogP contribution in [0, 0.1) is 5.92 Å². The first kappa shape index (κ1) is 13.5. The largest absolute Gasteiger partial charge is 0.0928 e. The molecule has 0 saturated heterocycles. The van der Waals surface area contributed by atoms with Gasteiger partial charge in [0.2, 0.25) is 0 Å². The monoisotopic (exact) mass is 248 g/mol. The molecule has 0 saturated carbocycles. The van der Waals surface area contributed by atoms with Crippen LogP contribution in [-0.2, 0) is 0 Å². The summed E-state index contributed by atoms with van der Waals surface area (Å²) >= 11 is 3.47. The Labute approximate surface area is 92.6 Å². The second-order valence-electron chi connectivity index (χ2n) is 3.95. The van der Waals surface area contributed by atoms with E-state index >= 15 is 0 Å². The normalized spacial score (nSPS) is 13.2. The predicted molar refractivity (Wildman–Crippen MR) is 65.6 cm³/mol. The maximum atomic E-state index is 3.47. The van der Waals surface area contributed by atoms with Gasteiger partial charge in [0, 0.05) is 5.33 Å². The summed E-state index contributed by atoms with van der Waals surface area (Å²) in [5.41, 5.74) is 0. The van der Waals surface area contributed by atoms with Crippen LogP contribution in [0.5, 0.6) is 0 Å². The van der Waals surface area contributed by atoms with Crippen LogP contribution in [0.15, 0.2) is 0 Å². The van der Waals surface area contributed by atoms with E-state index in [-0.39, 0.29) is 0 Å². The zero-order chi connectivity index (χ0) is 9.94. The smallest absolute Gasteiger partial charge is 0.00313 e. The molecular weight excluding hydrogens is 224 g/mol. The lowest BCUT2D eigenvalue weighted by Gasteiger charge is -2.12. The van der Waals surface area contributed by atoms with E-state index in [9.17, 15) is 0 Å². The van der Waals surface area contributed by atoms with Gasteiger partial charge >= 0.3 is 0 Å². The molecule has 0 aromatic carbocycles. The Bertz CT molecular complexity index is 91.1. The fraction of sp³-hybridized carbons (Fsp3) is 1.00. The molecule has 0 aromatic rings. The Hall–Kier alpha value is 0.480. The molecule has 0 aliphatic rings. The highest BCUT2D eigenvalue weighted by atomic mass is 79.9. The molecule has 0 amide bonds. The fourth-order valence-electron chi connectivity index (χ4n) is 1.84. The molecule has 80 valence electrons. The predicted octanol–water partition coefficient (Wildman–Crippen LogP) is 5.16. The third-order valence-corrected chi connectivity index (χ3v) is 3.33. The van der Waals surface area contributed by atoms with Gasteiger partial charge in [-0.25, -0.2) is 0 Å². The number of hydrogen-bond acceptors (Lipinski definition) is 0. The summed E-state index contributed by atoms with van der Waals surface area (Å²) in [5, 5.41) is 1.18. The molecule has 0 spiro atoms. The van der Waals surface area contributed by atoms with Gasteiger partial charge in [-0.1, -0.05) is 74.7 Å². The van der Waals surface area contributed by atoms with E-state index in [0.29, 0.717) is 0 Å². The molecule has 0 nitrogen and oxygen atoms in total. The van der Waals surface area contributed by atoms with Crippen molar-refractivity contribution < 1.29 is 0 Å². The highest BCUT2D eigenvalue weighted by Gasteiger charge is 2.03. The zero-order valence-corrected chi connectivity index (χ0v) is 10.9. The van der Waals surface area contributed by atoms with Crippen LogP contribution < -0.4 is 0 Å². The Morgan fingerprint density at radius 1 is 0.923 bits per heavy atom. The van der Waals surface area contributed by atoms with Crippen molar-refractivity contribution in [3.8, 4) is 0 Å². The quantitative estimate of drug-likeness (QED) is 0.391. The molecule has 13 heavy (non-hydrogen) atoms. The molecule has 0 unspecified atom stereocenters. The third-order valence-electron chi connectivity index (χ3n) is 2.77. The van der Waals surface area contributed by atoms with Gasteiger partial charge in [0.1, 0.15) is 0 Å². The van der Waals surface area contributed by atoms with Crippen LogP contribution in [0.3, 0.4) is 0 Å². The Balaban J connectivity index is 3.17. The zero-order valence-electron chi connectivity index (χ0n) is 9.32. The maximum absolute atomic E-state index is 3.47. The van der Waals surface area contributed by atoms with Gasteiger partial charge < -0.3 is 0 Å². The second-order valence-corrected chi connectivity index (χ2v) is 4.75. The number of halogens is 1. The molecule has 0 rings (SSSR count). The van der Waals surface area contributed by atoms with E-state index in [1.54, 1.807) is 0 Å². The molecule has 1 heteroatoms. The first-order valence-corrected chi connectivity index (χ1v) is 7.03. The Kier molecular flexibility index (Phi) is 11.0. The molecule has 1 atom stereocenters. The van der Waals surface area contributed by atoms with Crippen molar-refractivity contribution in [1.29, 1.82) is 0 Å². The molecule has 0 heterocycles. The molecule has 0 N–H and O–H groups in total. The van der Waals surface area contributed by atoms with Crippen LogP contribution in [-0.4, -0.2) is 5.33 Å². The van der Waals surface area contributed by atoms with E-state index in [2.05, 4.69) is 29.8 Å². The SMILES string of the molecule is CCC[C@@H](CC)CCCCCCBr. The summed E-state index contributed by atoms with van der Waals surface area (Å²) in [5.74, 6) is 1.01. The minimum atomic E-state index is 1.01. The van der Waals surface area contributed by atoms with E-state index in [0.717, 1.165) is 5.92 Å². The molecule has 0 bridgehead atoms. The van der Waals surface area contributed by atoms with E-state index in [4.69, 9.17) is 0 Å². The van der Waals surface area contributed by atoms with Gasteiger partial charge in [-0.05, 0) is 12.3 Å². The lowest BCUT2D eigenvalue weighted by atomic mass is 9.94. The number of rotatable bonds is 9. The summed E-state index contributed by atoms with van der Waals surface area (Å²) in [6.07, 6.45) is 11.3. The van der Waals surface area contributed by atoms with Crippen molar-refractivity contribution >= 4 is 15.9 Å². The molecule has 0 aromatic heterocycles. The number of hydrogen-bond donors (Lipinski definition) is 0. The van der Waals surface area contributed by atoms with Gasteiger partial charge in [-0.3, -0.25) is 0 Å². The maximum Gasteiger partial charge on any atom is 0.00313 e. The Morgan fingerprint density at radius 2 is 1.62 bits per heavy atom. The van der Waals surface area contributed by atoms with Crippen molar-refractivity contribution in [3.63, 3.8) is 0 Å². The van der Waals surface area contributed by atoms with Gasteiger partial charge in [0.15, 0.2) is 0 Å². The van der Waals surface area contributed by atoms with Gasteiger partial charge in [0.05, 0.1) is 0 Å². The summed E-state index contributed by atoms with van der Waals surface area (Å²) in [7, 11) is 0. The molecule has 0 fully saturated rings. The highest BCUT2D eigenvalue weighted by molar-refractivity contribution is 9.09. The topological polar surface area (TPSA) is 0 Å². The fourth-order valence-corrected chi connectivity index (χ4v) is 2.24. The van der Waals surface area contributed by atoms with E-state index < -0.39 is 0 Å². The summed E-state index contributed by atoms with van der Waals surface area (Å²) in [4.78, 5) is 0. The first-order chi connectivity index (χ1) is 6.35. The van der Waals surface area contributed by atoms with Gasteiger partial charge in [-0.2, -0.15) is 0 Å². The highest BCUT2D eigenvalue weighted by Crippen LogP contribution is 2.19. The van der Waals surface area contributed by atoms with Crippen LogP contribution in [0.1, 0.15) is 65.2 Å². The van der Waals surface area contributed by atoms with Crippen molar-refractivity contribution in [3.05, 3.63) is 0 Å². The van der Waals surface area contributed by atoms with Gasteiger partial charge in [0.25, 0.3) is 0 Å². The van der Waals surface area contributed by atoms with Crippen LogP contribution in [0.4, 0.5) is 0 Å². The standard InChI is InChI=1S/C12H25Br/c1-3-9-12(4-2)10-7-5-6-8-11-13/h12H,3-11H2,1-2H3/t12-/m1/s1. The average Bonchev–Trinajstić information content (AvgIpc) is 2.16. The molecule has 0 aliphatic heterocycles. The van der Waals surface area contributed by atoms with E-state index in [1.807, 2.05) is 0 Å². The molecule has 0 radical (unpaired) electrons. The minimum Gasteiger partial charge on any atom is -0.0928 e. The van der Waals surface area contributed by atoms with Crippen molar-refractivity contribution in [2.75, 3.05) is 5.33 Å². The summed E-state index contributed by atoms with van der Waals surface area (Å²) in [6, 6.07) is 0. The van der Waals surface area contributed by atoms with Crippen LogP contribution in [0.2, 0.25) is 0 Å². The number of unbranched alkanes of at least 4 members (excludes halogenated alkanes) is 3. The lowest BCUT2D eigenvalue weighted by Crippen LogP contribution is -1.97. The molecular formula is C12H25Br. The van der Waals surface area contributed by atoms with Crippen molar-refractivity contribution in [2.45, 2.75) is 65.2 Å². The van der Waals surface area contributed by atoms with Crippen LogP contribution >= 0.6 is 15.9 Å². The van der Waals surface area contributed by atoms with Crippen molar-refractivity contribution in [2.24, 2.45) is 5.92 Å². The summed E-state index contributed by atoms with van der Waals surface area (Å²) < 4.78 is 0. The molecule has 0 aliphatic carbocycles. The third kappa shape index (κ3) is 8.80. The lowest BCUT2D eigenvalue weighted by molar-refractivity contribution is 0.410. The van der Waals surface area contributed by atoms with Crippen LogP contribution in [0.25, 0.3) is 0 Å². The average molecular weight is 249 g/mol. The van der Waals surface area contributed by atoms with Gasteiger partial charge in [-0.15, -0.1) is 0 Å². The Morgan fingerprint density at radius 3 is 2.15 bits per heavy atom. The second kappa shape index (κ2) is 10.6. The van der Waals surface area contributed by atoms with Crippen molar-refractivity contribution in [1.82, 2.24) is 0 Å². The number of alkyl halides is 1. The minimum absolute atomic E-state index is 1.01. The summed E-state index contributed by atoms with van der Waals surface area (Å²) in [6.45, 7) is 4.63. The van der Waals surface area contributed by atoms with E-state index in [1.165, 1.54) is 56.7 Å². The first-order valence-electron chi connectivity index (χ1n) is 5.91.